The van der Waals surface area contributed by atoms with Gasteiger partial charge in [-0.25, -0.2) is 4.98 Å². The topological polar surface area (TPSA) is 54.0 Å². The molecule has 0 saturated carbocycles. The van der Waals surface area contributed by atoms with Crippen LogP contribution in [0.3, 0.4) is 0 Å². The monoisotopic (exact) mass is 283 g/mol. The quantitative estimate of drug-likeness (QED) is 0.886. The van der Waals surface area contributed by atoms with Gasteiger partial charge in [0.25, 0.3) is 5.91 Å². The number of nitrogens with zero attached hydrogens (tertiary/aromatic N) is 1. The Kier molecular flexibility index (Phi) is 4.93. The molecule has 1 aromatic heterocycles. The summed E-state index contributed by atoms with van der Waals surface area (Å²) in [7, 11) is 0. The van der Waals surface area contributed by atoms with E-state index in [1.54, 1.807) is 12.3 Å². The number of pyridine rings is 1. The fraction of sp³-hybridized carbons (Fsp3) is 0.294. The van der Waals surface area contributed by atoms with Gasteiger partial charge in [0.15, 0.2) is 0 Å². The van der Waals surface area contributed by atoms with Crippen LogP contribution in [-0.2, 0) is 6.54 Å². The third-order valence-electron chi connectivity index (χ3n) is 3.03. The molecule has 0 bridgehead atoms. The molecular formula is C17H21N3O. The minimum absolute atomic E-state index is 0.160. The van der Waals surface area contributed by atoms with Crippen molar-refractivity contribution in [3.63, 3.8) is 0 Å². The van der Waals surface area contributed by atoms with Crippen molar-refractivity contribution in [2.45, 2.75) is 33.4 Å². The van der Waals surface area contributed by atoms with Crippen LogP contribution in [0.25, 0.3) is 0 Å². The number of aryl methyl sites for hydroxylation is 1. The highest BCUT2D eigenvalue weighted by Gasteiger charge is 2.07. The first kappa shape index (κ1) is 15.0. The van der Waals surface area contributed by atoms with E-state index in [0.29, 0.717) is 18.3 Å². The lowest BCUT2D eigenvalue weighted by atomic mass is 10.1. The Labute approximate surface area is 125 Å². The Bertz CT molecular complexity index is 588. The molecular weight excluding hydrogens is 262 g/mol. The van der Waals surface area contributed by atoms with Crippen LogP contribution in [0.4, 0.5) is 5.69 Å². The van der Waals surface area contributed by atoms with Crippen molar-refractivity contribution in [2.24, 2.45) is 0 Å². The van der Waals surface area contributed by atoms with E-state index in [1.165, 1.54) is 5.56 Å². The molecule has 0 aliphatic carbocycles. The lowest BCUT2D eigenvalue weighted by Crippen LogP contribution is -2.23. The second-order valence-electron chi connectivity index (χ2n) is 5.40. The van der Waals surface area contributed by atoms with Gasteiger partial charge in [-0.3, -0.25) is 4.79 Å². The molecule has 110 valence electrons. The SMILES string of the molecule is Cc1ccc(CNC(=O)c2ccc(NC(C)C)cn2)cc1. The number of nitrogens with one attached hydrogen (secondary N) is 2. The van der Waals surface area contributed by atoms with Crippen molar-refractivity contribution in [3.05, 3.63) is 59.4 Å². The molecule has 2 N–H and O–H groups in total. The van der Waals surface area contributed by atoms with E-state index >= 15 is 0 Å². The van der Waals surface area contributed by atoms with Gasteiger partial charge in [-0.15, -0.1) is 0 Å². The molecule has 4 heteroatoms. The molecule has 2 aromatic rings. The lowest BCUT2D eigenvalue weighted by Gasteiger charge is -2.10. The van der Waals surface area contributed by atoms with Crippen molar-refractivity contribution in [1.82, 2.24) is 10.3 Å². The Hall–Kier alpha value is -2.36. The van der Waals surface area contributed by atoms with Gasteiger partial charge < -0.3 is 10.6 Å². The second-order valence-corrected chi connectivity index (χ2v) is 5.40. The fourth-order valence-corrected chi connectivity index (χ4v) is 1.93. The van der Waals surface area contributed by atoms with Crippen LogP contribution in [0, 0.1) is 6.92 Å². The largest absolute Gasteiger partial charge is 0.382 e. The molecule has 0 fully saturated rings. The minimum atomic E-state index is -0.160. The lowest BCUT2D eigenvalue weighted by molar-refractivity contribution is 0.0946. The Morgan fingerprint density at radius 2 is 1.86 bits per heavy atom. The number of hydrogen-bond donors (Lipinski definition) is 2. The summed E-state index contributed by atoms with van der Waals surface area (Å²) in [5.41, 5.74) is 3.63. The molecule has 1 aromatic carbocycles. The first-order valence-electron chi connectivity index (χ1n) is 7.11. The Balaban J connectivity index is 1.92. The zero-order valence-corrected chi connectivity index (χ0v) is 12.7. The highest BCUT2D eigenvalue weighted by molar-refractivity contribution is 5.92. The molecule has 0 unspecified atom stereocenters. The van der Waals surface area contributed by atoms with E-state index in [1.807, 2.05) is 37.3 Å². The normalized spacial score (nSPS) is 10.5. The number of carbonyl (C=O) groups excluding carboxylic acids is 1. The number of aromatic nitrogens is 1. The van der Waals surface area contributed by atoms with Gasteiger partial charge in [-0.1, -0.05) is 29.8 Å². The Morgan fingerprint density at radius 1 is 1.14 bits per heavy atom. The van der Waals surface area contributed by atoms with Crippen LogP contribution < -0.4 is 10.6 Å². The zero-order valence-electron chi connectivity index (χ0n) is 12.7. The van der Waals surface area contributed by atoms with Crippen LogP contribution in [0.5, 0.6) is 0 Å². The molecule has 21 heavy (non-hydrogen) atoms. The van der Waals surface area contributed by atoms with Crippen molar-refractivity contribution < 1.29 is 4.79 Å². The maximum absolute atomic E-state index is 12.0. The van der Waals surface area contributed by atoms with E-state index in [0.717, 1.165) is 11.3 Å². The van der Waals surface area contributed by atoms with Crippen molar-refractivity contribution in [2.75, 3.05) is 5.32 Å². The molecule has 0 aliphatic rings. The van der Waals surface area contributed by atoms with Gasteiger partial charge in [0, 0.05) is 12.6 Å². The summed E-state index contributed by atoms with van der Waals surface area (Å²) in [4.78, 5) is 16.2. The van der Waals surface area contributed by atoms with Crippen molar-refractivity contribution in [3.8, 4) is 0 Å². The zero-order chi connectivity index (χ0) is 15.2. The van der Waals surface area contributed by atoms with E-state index in [9.17, 15) is 4.79 Å². The number of rotatable bonds is 5. The first-order chi connectivity index (χ1) is 10.0. The summed E-state index contributed by atoms with van der Waals surface area (Å²) in [5.74, 6) is -0.160. The molecule has 0 saturated heterocycles. The van der Waals surface area contributed by atoms with Gasteiger partial charge >= 0.3 is 0 Å². The van der Waals surface area contributed by atoms with Crippen molar-refractivity contribution in [1.29, 1.82) is 0 Å². The van der Waals surface area contributed by atoms with E-state index in [-0.39, 0.29) is 5.91 Å². The van der Waals surface area contributed by atoms with Crippen LogP contribution in [-0.4, -0.2) is 16.9 Å². The van der Waals surface area contributed by atoms with Crippen LogP contribution >= 0.6 is 0 Å². The highest BCUT2D eigenvalue weighted by Crippen LogP contribution is 2.08. The number of carbonyl (C=O) groups is 1. The van der Waals surface area contributed by atoms with Gasteiger partial charge in [-0.2, -0.15) is 0 Å². The summed E-state index contributed by atoms with van der Waals surface area (Å²) < 4.78 is 0. The Morgan fingerprint density at radius 3 is 2.43 bits per heavy atom. The summed E-state index contributed by atoms with van der Waals surface area (Å²) >= 11 is 0. The van der Waals surface area contributed by atoms with Gasteiger partial charge in [0.05, 0.1) is 11.9 Å². The molecule has 0 atom stereocenters. The van der Waals surface area contributed by atoms with E-state index in [2.05, 4.69) is 29.5 Å². The molecule has 0 radical (unpaired) electrons. The highest BCUT2D eigenvalue weighted by atomic mass is 16.1. The third-order valence-corrected chi connectivity index (χ3v) is 3.03. The van der Waals surface area contributed by atoms with Crippen LogP contribution in [0.2, 0.25) is 0 Å². The summed E-state index contributed by atoms with van der Waals surface area (Å²) in [6.45, 7) is 6.66. The molecule has 1 amide bonds. The summed E-state index contributed by atoms with van der Waals surface area (Å²) in [5, 5.41) is 6.11. The van der Waals surface area contributed by atoms with E-state index in [4.69, 9.17) is 0 Å². The second kappa shape index (κ2) is 6.88. The molecule has 0 spiro atoms. The average Bonchev–Trinajstić information content (AvgIpc) is 2.46. The van der Waals surface area contributed by atoms with E-state index < -0.39 is 0 Å². The molecule has 2 rings (SSSR count). The molecule has 0 aliphatic heterocycles. The number of benzene rings is 1. The maximum Gasteiger partial charge on any atom is 0.270 e. The predicted molar refractivity (Wildman–Crippen MR) is 85.3 cm³/mol. The average molecular weight is 283 g/mol. The minimum Gasteiger partial charge on any atom is -0.382 e. The third kappa shape index (κ3) is 4.60. The fourth-order valence-electron chi connectivity index (χ4n) is 1.93. The summed E-state index contributed by atoms with van der Waals surface area (Å²) in [6.07, 6.45) is 1.68. The van der Waals surface area contributed by atoms with Gasteiger partial charge in [0.2, 0.25) is 0 Å². The number of hydrogen-bond acceptors (Lipinski definition) is 3. The van der Waals surface area contributed by atoms with Crippen molar-refractivity contribution >= 4 is 11.6 Å². The van der Waals surface area contributed by atoms with Gasteiger partial charge in [0.1, 0.15) is 5.69 Å². The number of anilines is 1. The maximum atomic E-state index is 12.0. The van der Waals surface area contributed by atoms with Gasteiger partial charge in [-0.05, 0) is 38.5 Å². The predicted octanol–water partition coefficient (Wildman–Crippen LogP) is 3.14. The smallest absolute Gasteiger partial charge is 0.270 e. The molecule has 1 heterocycles. The molecule has 4 nitrogen and oxygen atoms in total. The van der Waals surface area contributed by atoms with Crippen LogP contribution in [0.15, 0.2) is 42.6 Å². The summed E-state index contributed by atoms with van der Waals surface area (Å²) in [6, 6.07) is 12.0. The number of amides is 1. The first-order valence-corrected chi connectivity index (χ1v) is 7.11. The standard InChI is InChI=1S/C17H21N3O/c1-12(2)20-15-8-9-16(18-11-15)17(21)19-10-14-6-4-13(3)5-7-14/h4-9,11-12,20H,10H2,1-3H3,(H,19,21). The van der Waals surface area contributed by atoms with Crippen LogP contribution in [0.1, 0.15) is 35.5 Å².